The Morgan fingerprint density at radius 3 is 2.59 bits per heavy atom. The van der Waals surface area contributed by atoms with E-state index >= 15 is 0 Å². The summed E-state index contributed by atoms with van der Waals surface area (Å²) in [5.74, 6) is -0.446. The van der Waals surface area contributed by atoms with Crippen molar-refractivity contribution >= 4 is 11.9 Å². The van der Waals surface area contributed by atoms with E-state index < -0.39 is 0 Å². The minimum Gasteiger partial charge on any atom is -0.466 e. The first-order valence-corrected chi connectivity index (χ1v) is 5.75. The van der Waals surface area contributed by atoms with Crippen molar-refractivity contribution in [3.63, 3.8) is 0 Å². The third kappa shape index (κ3) is 5.75. The van der Waals surface area contributed by atoms with Gasteiger partial charge in [-0.2, -0.15) is 0 Å². The van der Waals surface area contributed by atoms with Gasteiger partial charge in [-0.1, -0.05) is 0 Å². The SMILES string of the molecule is CCOC(=O)CCC(=O)NCCn1cccc1. The van der Waals surface area contributed by atoms with E-state index in [1.807, 2.05) is 29.1 Å². The number of rotatable bonds is 7. The maximum atomic E-state index is 11.4. The number of esters is 1. The zero-order valence-corrected chi connectivity index (χ0v) is 10.0. The summed E-state index contributed by atoms with van der Waals surface area (Å²) < 4.78 is 6.71. The van der Waals surface area contributed by atoms with Crippen molar-refractivity contribution in [2.75, 3.05) is 13.2 Å². The van der Waals surface area contributed by atoms with Gasteiger partial charge in [0.25, 0.3) is 0 Å². The standard InChI is InChI=1S/C12H18N2O3/c1-2-17-12(16)6-5-11(15)13-7-10-14-8-3-4-9-14/h3-4,8-9H,2,5-7,10H2,1H3,(H,13,15). The molecule has 0 saturated carbocycles. The van der Waals surface area contributed by atoms with Gasteiger partial charge in [0.15, 0.2) is 0 Å². The summed E-state index contributed by atoms with van der Waals surface area (Å²) in [7, 11) is 0. The van der Waals surface area contributed by atoms with Crippen molar-refractivity contribution in [1.29, 1.82) is 0 Å². The molecule has 0 aliphatic heterocycles. The van der Waals surface area contributed by atoms with Crippen LogP contribution in [-0.4, -0.2) is 29.6 Å². The number of hydrogen-bond acceptors (Lipinski definition) is 3. The van der Waals surface area contributed by atoms with E-state index in [4.69, 9.17) is 4.74 Å². The Balaban J connectivity index is 2.07. The van der Waals surface area contributed by atoms with Gasteiger partial charge in [-0.3, -0.25) is 9.59 Å². The van der Waals surface area contributed by atoms with Crippen LogP contribution in [0.25, 0.3) is 0 Å². The molecule has 0 aliphatic carbocycles. The largest absolute Gasteiger partial charge is 0.466 e. The van der Waals surface area contributed by atoms with Crippen LogP contribution in [0.15, 0.2) is 24.5 Å². The van der Waals surface area contributed by atoms with Crippen LogP contribution >= 0.6 is 0 Å². The molecule has 1 amide bonds. The fourth-order valence-corrected chi connectivity index (χ4v) is 1.38. The Kier molecular flexibility index (Phi) is 5.85. The first-order valence-electron chi connectivity index (χ1n) is 5.75. The Hall–Kier alpha value is -1.78. The summed E-state index contributed by atoms with van der Waals surface area (Å²) in [6.45, 7) is 3.40. The topological polar surface area (TPSA) is 60.3 Å². The average Bonchev–Trinajstić information content (AvgIpc) is 2.80. The van der Waals surface area contributed by atoms with Gasteiger partial charge in [-0.25, -0.2) is 0 Å². The van der Waals surface area contributed by atoms with Crippen molar-refractivity contribution in [2.45, 2.75) is 26.3 Å². The van der Waals surface area contributed by atoms with E-state index in [2.05, 4.69) is 5.32 Å². The molecular weight excluding hydrogens is 220 g/mol. The van der Waals surface area contributed by atoms with Gasteiger partial charge in [-0.05, 0) is 19.1 Å². The molecule has 17 heavy (non-hydrogen) atoms. The lowest BCUT2D eigenvalue weighted by atomic mass is 10.3. The van der Waals surface area contributed by atoms with Crippen LogP contribution in [0.3, 0.4) is 0 Å². The minimum atomic E-state index is -0.326. The van der Waals surface area contributed by atoms with E-state index in [0.717, 1.165) is 6.54 Å². The molecule has 1 aromatic heterocycles. The molecule has 0 aromatic carbocycles. The fourth-order valence-electron chi connectivity index (χ4n) is 1.38. The second-order valence-electron chi connectivity index (χ2n) is 3.58. The normalized spacial score (nSPS) is 9.94. The van der Waals surface area contributed by atoms with E-state index in [-0.39, 0.29) is 24.7 Å². The molecule has 0 aliphatic rings. The molecule has 1 heterocycles. The van der Waals surface area contributed by atoms with E-state index in [1.165, 1.54) is 0 Å². The molecule has 0 radical (unpaired) electrons. The van der Waals surface area contributed by atoms with Gasteiger partial charge in [0, 0.05) is 31.9 Å². The number of aromatic nitrogens is 1. The first-order chi connectivity index (χ1) is 8.22. The molecule has 1 rings (SSSR count). The fraction of sp³-hybridized carbons (Fsp3) is 0.500. The van der Waals surface area contributed by atoms with Crippen LogP contribution in [0, 0.1) is 0 Å². The average molecular weight is 238 g/mol. The predicted octanol–water partition coefficient (Wildman–Crippen LogP) is 0.948. The van der Waals surface area contributed by atoms with Crippen molar-refractivity contribution in [1.82, 2.24) is 9.88 Å². The number of nitrogens with one attached hydrogen (secondary N) is 1. The summed E-state index contributed by atoms with van der Waals surface area (Å²) in [5, 5.41) is 2.75. The molecule has 1 aromatic rings. The van der Waals surface area contributed by atoms with Gasteiger partial charge in [-0.15, -0.1) is 0 Å². The van der Waals surface area contributed by atoms with Gasteiger partial charge in [0.05, 0.1) is 13.0 Å². The maximum Gasteiger partial charge on any atom is 0.306 e. The molecule has 5 heteroatoms. The number of hydrogen-bond donors (Lipinski definition) is 1. The van der Waals surface area contributed by atoms with Crippen LogP contribution < -0.4 is 5.32 Å². The Morgan fingerprint density at radius 2 is 1.94 bits per heavy atom. The molecule has 0 saturated heterocycles. The second-order valence-corrected chi connectivity index (χ2v) is 3.58. The van der Waals surface area contributed by atoms with Gasteiger partial charge in [0.1, 0.15) is 0 Å². The van der Waals surface area contributed by atoms with Crippen LogP contribution in [0.2, 0.25) is 0 Å². The van der Waals surface area contributed by atoms with E-state index in [9.17, 15) is 9.59 Å². The minimum absolute atomic E-state index is 0.120. The highest BCUT2D eigenvalue weighted by Gasteiger charge is 2.06. The summed E-state index contributed by atoms with van der Waals surface area (Å²) in [6.07, 6.45) is 4.20. The molecule has 0 bridgehead atoms. The highest BCUT2D eigenvalue weighted by molar-refractivity contribution is 5.81. The van der Waals surface area contributed by atoms with E-state index in [1.54, 1.807) is 6.92 Å². The van der Waals surface area contributed by atoms with Crippen molar-refractivity contribution in [3.05, 3.63) is 24.5 Å². The monoisotopic (exact) mass is 238 g/mol. The predicted molar refractivity (Wildman–Crippen MR) is 63.3 cm³/mol. The van der Waals surface area contributed by atoms with Crippen molar-refractivity contribution in [2.24, 2.45) is 0 Å². The highest BCUT2D eigenvalue weighted by atomic mass is 16.5. The molecule has 0 spiro atoms. The number of ether oxygens (including phenoxy) is 1. The molecule has 5 nitrogen and oxygen atoms in total. The van der Waals surface area contributed by atoms with Crippen LogP contribution in [0.5, 0.6) is 0 Å². The quantitative estimate of drug-likeness (QED) is 0.719. The molecule has 0 unspecified atom stereocenters. The van der Waals surface area contributed by atoms with Gasteiger partial charge >= 0.3 is 5.97 Å². The number of amides is 1. The number of carbonyl (C=O) groups is 2. The zero-order chi connectivity index (χ0) is 12.5. The van der Waals surface area contributed by atoms with Gasteiger partial charge < -0.3 is 14.6 Å². The second kappa shape index (κ2) is 7.49. The summed E-state index contributed by atoms with van der Waals surface area (Å²) in [5.41, 5.74) is 0. The molecule has 1 N–H and O–H groups in total. The molecule has 0 fully saturated rings. The number of carbonyl (C=O) groups excluding carboxylic acids is 2. The summed E-state index contributed by atoms with van der Waals surface area (Å²) in [6, 6.07) is 3.87. The molecule has 94 valence electrons. The summed E-state index contributed by atoms with van der Waals surface area (Å²) >= 11 is 0. The van der Waals surface area contributed by atoms with Crippen molar-refractivity contribution < 1.29 is 14.3 Å². The smallest absolute Gasteiger partial charge is 0.306 e. The Morgan fingerprint density at radius 1 is 1.24 bits per heavy atom. The number of nitrogens with zero attached hydrogens (tertiary/aromatic N) is 1. The lowest BCUT2D eigenvalue weighted by Gasteiger charge is -2.06. The zero-order valence-electron chi connectivity index (χ0n) is 10.0. The summed E-state index contributed by atoms with van der Waals surface area (Å²) in [4.78, 5) is 22.4. The third-order valence-electron chi connectivity index (χ3n) is 2.22. The lowest BCUT2D eigenvalue weighted by Crippen LogP contribution is -2.27. The highest BCUT2D eigenvalue weighted by Crippen LogP contribution is 1.93. The van der Waals surface area contributed by atoms with Crippen molar-refractivity contribution in [3.8, 4) is 0 Å². The van der Waals surface area contributed by atoms with Gasteiger partial charge in [0.2, 0.25) is 5.91 Å². The van der Waals surface area contributed by atoms with E-state index in [0.29, 0.717) is 13.2 Å². The Bertz CT molecular complexity index is 347. The molecular formula is C12H18N2O3. The van der Waals surface area contributed by atoms with Crippen LogP contribution in [0.4, 0.5) is 0 Å². The van der Waals surface area contributed by atoms with Crippen LogP contribution in [0.1, 0.15) is 19.8 Å². The van der Waals surface area contributed by atoms with Crippen LogP contribution in [-0.2, 0) is 20.9 Å². The molecule has 0 atom stereocenters. The lowest BCUT2D eigenvalue weighted by molar-refractivity contribution is -0.144. The maximum absolute atomic E-state index is 11.4. The Labute approximate surface area is 101 Å². The third-order valence-corrected chi connectivity index (χ3v) is 2.22. The first kappa shape index (κ1) is 13.3.